The topological polar surface area (TPSA) is 59.4 Å². The quantitative estimate of drug-likeness (QED) is 0.889. The van der Waals surface area contributed by atoms with Crippen molar-refractivity contribution in [1.29, 1.82) is 0 Å². The van der Waals surface area contributed by atoms with Gasteiger partial charge in [-0.3, -0.25) is 4.79 Å². The highest BCUT2D eigenvalue weighted by Gasteiger charge is 2.58. The maximum atomic E-state index is 13.3. The zero-order valence-corrected chi connectivity index (χ0v) is 15.5. The zero-order valence-electron chi connectivity index (χ0n) is 14.7. The van der Waals surface area contributed by atoms with Gasteiger partial charge < -0.3 is 19.5 Å². The lowest BCUT2D eigenvalue weighted by Gasteiger charge is -2.29. The highest BCUT2D eigenvalue weighted by atomic mass is 32.1. The van der Waals surface area contributed by atoms with Gasteiger partial charge in [0, 0.05) is 25.5 Å². The van der Waals surface area contributed by atoms with Crippen LogP contribution in [0.2, 0.25) is 0 Å². The van der Waals surface area contributed by atoms with E-state index in [1.54, 1.807) is 13.3 Å². The molecule has 0 bridgehead atoms. The van der Waals surface area contributed by atoms with E-state index in [-0.39, 0.29) is 11.3 Å². The van der Waals surface area contributed by atoms with E-state index in [9.17, 15) is 4.79 Å². The van der Waals surface area contributed by atoms with Gasteiger partial charge in [-0.25, -0.2) is 4.98 Å². The third-order valence-corrected chi connectivity index (χ3v) is 6.54. The molecule has 3 heterocycles. The summed E-state index contributed by atoms with van der Waals surface area (Å²) in [5.74, 6) is 1.65. The molecule has 1 spiro atoms. The molecule has 0 radical (unpaired) electrons. The molecule has 2 aliphatic rings. The van der Waals surface area contributed by atoms with Crippen LogP contribution in [0.25, 0.3) is 0 Å². The fourth-order valence-corrected chi connectivity index (χ4v) is 4.81. The third-order valence-electron chi connectivity index (χ3n) is 5.66. The van der Waals surface area contributed by atoms with Gasteiger partial charge in [-0.2, -0.15) is 0 Å². The van der Waals surface area contributed by atoms with E-state index >= 15 is 0 Å². The van der Waals surface area contributed by atoms with Gasteiger partial charge in [0.05, 0.1) is 13.7 Å². The molecule has 1 aliphatic carbocycles. The van der Waals surface area contributed by atoms with Crippen LogP contribution in [0.4, 0.5) is 0 Å². The number of thiophene rings is 1. The number of nitrogens with one attached hydrogen (secondary N) is 1. The maximum Gasteiger partial charge on any atom is 0.268 e. The fourth-order valence-electron chi connectivity index (χ4n) is 4.00. The average Bonchev–Trinajstić information content (AvgIpc) is 3.00. The number of rotatable bonds is 5. The second kappa shape index (κ2) is 6.46. The number of aromatic nitrogens is 2. The van der Waals surface area contributed by atoms with E-state index in [1.807, 2.05) is 34.2 Å². The van der Waals surface area contributed by atoms with Gasteiger partial charge in [-0.1, -0.05) is 0 Å². The van der Waals surface area contributed by atoms with Crippen molar-refractivity contribution in [2.24, 2.45) is 12.5 Å². The molecule has 2 fully saturated rings. The molecule has 1 unspecified atom stereocenters. The molecule has 1 aliphatic heterocycles. The average molecular weight is 360 g/mol. The number of carbonyl (C=O) groups excluding carboxylic acids is 1. The summed E-state index contributed by atoms with van der Waals surface area (Å²) in [7, 11) is 3.59. The summed E-state index contributed by atoms with van der Waals surface area (Å²) in [6, 6.07) is 2.16. The lowest BCUT2D eigenvalue weighted by Crippen LogP contribution is -2.39. The van der Waals surface area contributed by atoms with Gasteiger partial charge in [-0.15, -0.1) is 11.3 Å². The molecule has 4 rings (SSSR count). The summed E-state index contributed by atoms with van der Waals surface area (Å²) in [6.45, 7) is 2.63. The Labute approximate surface area is 151 Å². The van der Waals surface area contributed by atoms with Gasteiger partial charge in [0.2, 0.25) is 0 Å². The predicted octanol–water partition coefficient (Wildman–Crippen LogP) is 2.27. The molecule has 134 valence electrons. The summed E-state index contributed by atoms with van der Waals surface area (Å²) < 4.78 is 7.37. The second-order valence-electron chi connectivity index (χ2n) is 7.04. The van der Waals surface area contributed by atoms with E-state index in [0.717, 1.165) is 38.2 Å². The number of piperidine rings is 1. The number of imidazole rings is 1. The summed E-state index contributed by atoms with van der Waals surface area (Å²) in [5, 5.41) is 5.35. The van der Waals surface area contributed by atoms with Crippen LogP contribution in [0.1, 0.15) is 34.8 Å². The van der Waals surface area contributed by atoms with Crippen LogP contribution in [0.5, 0.6) is 5.75 Å². The van der Waals surface area contributed by atoms with Crippen molar-refractivity contribution in [2.45, 2.75) is 31.8 Å². The van der Waals surface area contributed by atoms with Crippen LogP contribution in [-0.4, -0.2) is 46.6 Å². The third kappa shape index (κ3) is 2.95. The Kier molecular flexibility index (Phi) is 4.29. The lowest BCUT2D eigenvalue weighted by atomic mass is 9.93. The molecule has 1 saturated carbocycles. The highest BCUT2D eigenvalue weighted by molar-refractivity contribution is 7.12. The molecule has 1 amide bonds. The Balaban J connectivity index is 1.62. The van der Waals surface area contributed by atoms with Crippen molar-refractivity contribution >= 4 is 17.2 Å². The molecule has 7 heteroatoms. The monoisotopic (exact) mass is 360 g/mol. The van der Waals surface area contributed by atoms with Gasteiger partial charge >= 0.3 is 0 Å². The normalized spacial score (nSPS) is 21.3. The standard InChI is InChI=1S/C18H24N4O2S/c1-21-9-8-20-15(21)12-22(14-11-18(14)4-6-19-7-5-18)17(23)16-13(24-2)3-10-25-16/h3,8-10,14,19H,4-7,11-12H2,1-2H3. The maximum absolute atomic E-state index is 13.3. The molecular weight excluding hydrogens is 336 g/mol. The van der Waals surface area contributed by atoms with Crippen LogP contribution in [0.3, 0.4) is 0 Å². The van der Waals surface area contributed by atoms with Crippen LogP contribution >= 0.6 is 11.3 Å². The molecule has 1 saturated heterocycles. The molecular formula is C18H24N4O2S. The van der Waals surface area contributed by atoms with Crippen LogP contribution in [0, 0.1) is 5.41 Å². The number of nitrogens with zero attached hydrogens (tertiary/aromatic N) is 3. The number of amides is 1. The first-order valence-corrected chi connectivity index (χ1v) is 9.62. The number of methoxy groups -OCH3 is 1. The summed E-state index contributed by atoms with van der Waals surface area (Å²) in [5.41, 5.74) is 0.288. The minimum absolute atomic E-state index is 0.0651. The van der Waals surface area contributed by atoms with Crippen molar-refractivity contribution in [3.05, 3.63) is 34.5 Å². The van der Waals surface area contributed by atoms with Crippen molar-refractivity contribution in [3.8, 4) is 5.75 Å². The van der Waals surface area contributed by atoms with Crippen molar-refractivity contribution in [1.82, 2.24) is 19.8 Å². The summed E-state index contributed by atoms with van der Waals surface area (Å²) in [4.78, 5) is 20.5. The Morgan fingerprint density at radius 1 is 1.52 bits per heavy atom. The van der Waals surface area contributed by atoms with Crippen molar-refractivity contribution in [2.75, 3.05) is 20.2 Å². The van der Waals surface area contributed by atoms with E-state index in [0.29, 0.717) is 23.2 Å². The van der Waals surface area contributed by atoms with Crippen molar-refractivity contribution < 1.29 is 9.53 Å². The van der Waals surface area contributed by atoms with Gasteiger partial charge in [0.15, 0.2) is 0 Å². The largest absolute Gasteiger partial charge is 0.495 e. The predicted molar refractivity (Wildman–Crippen MR) is 96.9 cm³/mol. The molecule has 6 nitrogen and oxygen atoms in total. The van der Waals surface area contributed by atoms with Gasteiger partial charge in [0.1, 0.15) is 16.5 Å². The Hall–Kier alpha value is -1.86. The molecule has 25 heavy (non-hydrogen) atoms. The smallest absolute Gasteiger partial charge is 0.268 e. The SMILES string of the molecule is COc1ccsc1C(=O)N(Cc1nccn1C)C1CC12CCNCC2. The molecule has 1 atom stereocenters. The van der Waals surface area contributed by atoms with E-state index in [1.165, 1.54) is 11.3 Å². The molecule has 0 aromatic carbocycles. The van der Waals surface area contributed by atoms with E-state index in [4.69, 9.17) is 4.74 Å². The first-order valence-electron chi connectivity index (χ1n) is 8.74. The Morgan fingerprint density at radius 2 is 2.32 bits per heavy atom. The van der Waals surface area contributed by atoms with Crippen LogP contribution in [0.15, 0.2) is 23.8 Å². The van der Waals surface area contributed by atoms with E-state index in [2.05, 4.69) is 10.3 Å². The first-order chi connectivity index (χ1) is 12.1. The van der Waals surface area contributed by atoms with Crippen molar-refractivity contribution in [3.63, 3.8) is 0 Å². The number of ether oxygens (including phenoxy) is 1. The summed E-state index contributed by atoms with van der Waals surface area (Å²) >= 11 is 1.45. The first kappa shape index (κ1) is 16.6. The highest BCUT2D eigenvalue weighted by Crippen LogP contribution is 2.56. The van der Waals surface area contributed by atoms with Gasteiger partial charge in [0.25, 0.3) is 5.91 Å². The van der Waals surface area contributed by atoms with Crippen LogP contribution < -0.4 is 10.1 Å². The second-order valence-corrected chi connectivity index (χ2v) is 7.95. The molecule has 2 aromatic rings. The number of aryl methyl sites for hydroxylation is 1. The number of carbonyl (C=O) groups is 1. The minimum atomic E-state index is 0.0651. The Bertz CT molecular complexity index is 763. The molecule has 2 aromatic heterocycles. The lowest BCUT2D eigenvalue weighted by molar-refractivity contribution is 0.0687. The zero-order chi connectivity index (χ0) is 17.4. The van der Waals surface area contributed by atoms with E-state index < -0.39 is 0 Å². The summed E-state index contributed by atoms with van der Waals surface area (Å²) in [6.07, 6.45) is 7.10. The van der Waals surface area contributed by atoms with Gasteiger partial charge in [-0.05, 0) is 49.2 Å². The molecule has 1 N–H and O–H groups in total. The van der Waals surface area contributed by atoms with Crippen LogP contribution in [-0.2, 0) is 13.6 Å². The number of hydrogen-bond acceptors (Lipinski definition) is 5. The minimum Gasteiger partial charge on any atom is -0.495 e. The fraction of sp³-hybridized carbons (Fsp3) is 0.556. The number of hydrogen-bond donors (Lipinski definition) is 1. The Morgan fingerprint density at radius 3 is 3.00 bits per heavy atom.